The Morgan fingerprint density at radius 1 is 1.50 bits per heavy atom. The molecule has 0 atom stereocenters. The van der Waals surface area contributed by atoms with E-state index in [1.54, 1.807) is 6.07 Å². The van der Waals surface area contributed by atoms with E-state index in [2.05, 4.69) is 4.98 Å². The number of aromatic nitrogens is 1. The molecule has 1 heterocycles. The smallest absolute Gasteiger partial charge is 0.253 e. The van der Waals surface area contributed by atoms with Gasteiger partial charge < -0.3 is 4.98 Å². The Bertz CT molecular complexity index is 278. The van der Waals surface area contributed by atoms with Crippen LogP contribution in [0.3, 0.4) is 0 Å². The van der Waals surface area contributed by atoms with E-state index < -0.39 is 10.0 Å². The molecule has 0 amide bonds. The second-order valence-electron chi connectivity index (χ2n) is 1.58. The molecule has 0 spiro atoms. The highest BCUT2D eigenvalue weighted by molar-refractivity contribution is 7.89. The van der Waals surface area contributed by atoms with Gasteiger partial charge in [0.15, 0.2) is 0 Å². The number of hydrogen-bond donors (Lipinski definition) is 2. The number of nitrogens with two attached hydrogens (primary N) is 1. The first-order chi connectivity index (χ1) is 4.11. The summed E-state index contributed by atoms with van der Waals surface area (Å²) < 4.78 is 20.9. The molecular weight excluding hydrogens is 176 g/mol. The minimum atomic E-state index is -3.52. The topological polar surface area (TPSA) is 76.0 Å². The van der Waals surface area contributed by atoms with Gasteiger partial charge >= 0.3 is 0 Å². The molecule has 0 bridgehead atoms. The molecule has 58 valence electrons. The third kappa shape index (κ3) is 2.02. The Morgan fingerprint density at radius 3 is 2.30 bits per heavy atom. The van der Waals surface area contributed by atoms with Crippen molar-refractivity contribution >= 4 is 22.4 Å². The van der Waals surface area contributed by atoms with E-state index in [0.717, 1.165) is 0 Å². The molecule has 1 rings (SSSR count). The molecule has 0 aromatic carbocycles. The van der Waals surface area contributed by atoms with Gasteiger partial charge in [-0.2, -0.15) is 0 Å². The molecule has 10 heavy (non-hydrogen) atoms. The lowest BCUT2D eigenvalue weighted by Gasteiger charge is -1.87. The van der Waals surface area contributed by atoms with Crippen molar-refractivity contribution < 1.29 is 8.42 Å². The maximum absolute atomic E-state index is 10.4. The summed E-state index contributed by atoms with van der Waals surface area (Å²) in [5.74, 6) is 0. The predicted molar refractivity (Wildman–Crippen MR) is 39.4 cm³/mol. The monoisotopic (exact) mass is 182 g/mol. The average molecular weight is 183 g/mol. The normalized spacial score (nSPS) is 10.5. The number of aromatic amines is 1. The molecule has 0 saturated heterocycles. The van der Waals surface area contributed by atoms with Gasteiger partial charge in [-0.3, -0.25) is 0 Å². The highest BCUT2D eigenvalue weighted by atomic mass is 35.5. The van der Waals surface area contributed by atoms with Gasteiger partial charge in [0.05, 0.1) is 0 Å². The zero-order valence-corrected chi connectivity index (χ0v) is 6.58. The first-order valence-corrected chi connectivity index (χ1v) is 3.81. The van der Waals surface area contributed by atoms with Crippen molar-refractivity contribution in [2.24, 2.45) is 5.14 Å². The van der Waals surface area contributed by atoms with Crippen LogP contribution >= 0.6 is 12.4 Å². The van der Waals surface area contributed by atoms with Gasteiger partial charge in [0, 0.05) is 6.20 Å². The van der Waals surface area contributed by atoms with Crippen LogP contribution in [0.4, 0.5) is 0 Å². The van der Waals surface area contributed by atoms with E-state index in [9.17, 15) is 8.42 Å². The van der Waals surface area contributed by atoms with Crippen LogP contribution < -0.4 is 5.14 Å². The Balaban J connectivity index is 0.000000810. The molecule has 0 fully saturated rings. The quantitative estimate of drug-likeness (QED) is 0.646. The van der Waals surface area contributed by atoms with E-state index in [-0.39, 0.29) is 17.4 Å². The summed E-state index contributed by atoms with van der Waals surface area (Å²) in [6.07, 6.45) is 1.50. The van der Waals surface area contributed by atoms with Gasteiger partial charge in [-0.15, -0.1) is 12.4 Å². The number of H-pyrrole nitrogens is 1. The van der Waals surface area contributed by atoms with Gasteiger partial charge in [-0.1, -0.05) is 0 Å². The second kappa shape index (κ2) is 3.05. The lowest BCUT2D eigenvalue weighted by molar-refractivity contribution is 0.595. The fourth-order valence-corrected chi connectivity index (χ4v) is 0.991. The summed E-state index contributed by atoms with van der Waals surface area (Å²) in [5.41, 5.74) is 0. The van der Waals surface area contributed by atoms with Crippen LogP contribution in [0.2, 0.25) is 0 Å². The Morgan fingerprint density at radius 2 is 2.10 bits per heavy atom. The Hall–Kier alpha value is -0.520. The third-order valence-corrected chi connectivity index (χ3v) is 1.74. The molecule has 0 saturated carbocycles. The zero-order valence-electron chi connectivity index (χ0n) is 4.94. The van der Waals surface area contributed by atoms with Crippen molar-refractivity contribution in [1.82, 2.24) is 4.98 Å². The van der Waals surface area contributed by atoms with Gasteiger partial charge in [0.25, 0.3) is 10.0 Å². The van der Waals surface area contributed by atoms with Crippen LogP contribution in [-0.4, -0.2) is 13.4 Å². The summed E-state index contributed by atoms with van der Waals surface area (Å²) in [5, 5.41) is 4.79. The van der Waals surface area contributed by atoms with Crippen LogP contribution in [0.5, 0.6) is 0 Å². The average Bonchev–Trinajstić information content (AvgIpc) is 2.08. The number of primary sulfonamides is 1. The van der Waals surface area contributed by atoms with Gasteiger partial charge in [0.1, 0.15) is 5.03 Å². The number of halogens is 1. The van der Waals surface area contributed by atoms with Crippen molar-refractivity contribution in [2.45, 2.75) is 5.03 Å². The number of nitrogens with one attached hydrogen (secondary N) is 1. The standard InChI is InChI=1S/C4H6N2O2S.ClH/c5-9(7,8)4-2-1-3-6-4;/h1-3,6H,(H2,5,7,8);1H. The molecule has 1 aromatic rings. The van der Waals surface area contributed by atoms with Crippen LogP contribution in [-0.2, 0) is 10.0 Å². The maximum Gasteiger partial charge on any atom is 0.253 e. The summed E-state index contributed by atoms with van der Waals surface area (Å²) in [4.78, 5) is 2.46. The molecule has 1 aromatic heterocycles. The SMILES string of the molecule is Cl.NS(=O)(=O)c1ccc[nH]1. The van der Waals surface area contributed by atoms with Crippen molar-refractivity contribution in [3.63, 3.8) is 0 Å². The van der Waals surface area contributed by atoms with E-state index in [4.69, 9.17) is 5.14 Å². The molecule has 0 aliphatic carbocycles. The predicted octanol–water partition coefficient (Wildman–Crippen LogP) is 0.0839. The number of sulfonamides is 1. The van der Waals surface area contributed by atoms with Crippen molar-refractivity contribution in [1.29, 1.82) is 0 Å². The van der Waals surface area contributed by atoms with E-state index in [1.807, 2.05) is 0 Å². The van der Waals surface area contributed by atoms with Gasteiger partial charge in [0.2, 0.25) is 0 Å². The van der Waals surface area contributed by atoms with Crippen LogP contribution in [0, 0.1) is 0 Å². The molecule has 0 aliphatic rings. The molecule has 0 unspecified atom stereocenters. The lowest BCUT2D eigenvalue weighted by Crippen LogP contribution is -2.12. The van der Waals surface area contributed by atoms with Crippen molar-refractivity contribution in [3.05, 3.63) is 18.3 Å². The van der Waals surface area contributed by atoms with Gasteiger partial charge in [-0.05, 0) is 12.1 Å². The van der Waals surface area contributed by atoms with Crippen LogP contribution in [0.25, 0.3) is 0 Å². The lowest BCUT2D eigenvalue weighted by atomic mass is 10.7. The first-order valence-electron chi connectivity index (χ1n) is 2.27. The fraction of sp³-hybridized carbons (Fsp3) is 0. The number of rotatable bonds is 1. The highest BCUT2D eigenvalue weighted by Gasteiger charge is 2.05. The molecule has 4 nitrogen and oxygen atoms in total. The van der Waals surface area contributed by atoms with E-state index >= 15 is 0 Å². The summed E-state index contributed by atoms with van der Waals surface area (Å²) in [7, 11) is -3.52. The van der Waals surface area contributed by atoms with Crippen LogP contribution in [0.1, 0.15) is 0 Å². The van der Waals surface area contributed by atoms with E-state index in [1.165, 1.54) is 12.3 Å². The molecule has 6 heteroatoms. The summed E-state index contributed by atoms with van der Waals surface area (Å²) in [6, 6.07) is 2.97. The second-order valence-corrected chi connectivity index (χ2v) is 3.11. The number of hydrogen-bond acceptors (Lipinski definition) is 2. The van der Waals surface area contributed by atoms with E-state index in [0.29, 0.717) is 0 Å². The summed E-state index contributed by atoms with van der Waals surface area (Å²) in [6.45, 7) is 0. The Kier molecular flexibility index (Phi) is 2.89. The minimum absolute atomic E-state index is 0. The minimum Gasteiger partial charge on any atom is -0.351 e. The van der Waals surface area contributed by atoms with Crippen molar-refractivity contribution in [2.75, 3.05) is 0 Å². The largest absolute Gasteiger partial charge is 0.351 e. The molecule has 3 N–H and O–H groups in total. The molecule has 0 radical (unpaired) electrons. The van der Waals surface area contributed by atoms with Gasteiger partial charge in [-0.25, -0.2) is 13.6 Å². The highest BCUT2D eigenvalue weighted by Crippen LogP contribution is 1.99. The third-order valence-electron chi connectivity index (χ3n) is 0.876. The first kappa shape index (κ1) is 9.48. The van der Waals surface area contributed by atoms with Crippen LogP contribution in [0.15, 0.2) is 23.4 Å². The zero-order chi connectivity index (χ0) is 6.91. The maximum atomic E-state index is 10.4. The molecule has 0 aliphatic heterocycles. The van der Waals surface area contributed by atoms with Crippen molar-refractivity contribution in [3.8, 4) is 0 Å². The fourth-order valence-electron chi connectivity index (χ4n) is 0.491. The summed E-state index contributed by atoms with van der Waals surface area (Å²) >= 11 is 0. The Labute approximate surface area is 64.9 Å². The molecular formula is C4H7ClN2O2S.